The van der Waals surface area contributed by atoms with Crippen LogP contribution in [0.5, 0.6) is 0 Å². The highest BCUT2D eigenvalue weighted by Crippen LogP contribution is 2.22. The van der Waals surface area contributed by atoms with Crippen LogP contribution in [0, 0.1) is 10.8 Å². The van der Waals surface area contributed by atoms with Gasteiger partial charge in [-0.05, 0) is 11.1 Å². The van der Waals surface area contributed by atoms with E-state index in [0.717, 1.165) is 11.1 Å². The lowest BCUT2D eigenvalue weighted by Crippen LogP contribution is -2.37. The summed E-state index contributed by atoms with van der Waals surface area (Å²) in [6.07, 6.45) is 0. The fourth-order valence-electron chi connectivity index (χ4n) is 3.74. The monoisotopic (exact) mass is 472 g/mol. The van der Waals surface area contributed by atoms with Crippen LogP contribution in [-0.4, -0.2) is 66.1 Å². The minimum absolute atomic E-state index is 0.237. The smallest absolute Gasteiger partial charge is 0.0717 e. The zero-order valence-corrected chi connectivity index (χ0v) is 20.7. The molecule has 34 heavy (non-hydrogen) atoms. The Kier molecular flexibility index (Phi) is 11.5. The second kappa shape index (κ2) is 14.6. The van der Waals surface area contributed by atoms with Crippen molar-refractivity contribution >= 4 is 0 Å². The lowest BCUT2D eigenvalue weighted by molar-refractivity contribution is -0.106. The molecule has 1 aliphatic rings. The standard InChI is InChI=1S/C28H40O6/c1-27(23-33-17-25-9-5-3-6-10-25)19-29-13-15-31-21-28(2,22-32-16-14-30-20-27)24-34-18-26-11-7-4-8-12-26/h3-12H,13-24H2,1-2H3. The summed E-state index contributed by atoms with van der Waals surface area (Å²) in [5.74, 6) is 0. The molecule has 0 unspecified atom stereocenters. The quantitative estimate of drug-likeness (QED) is 0.563. The van der Waals surface area contributed by atoms with Crippen molar-refractivity contribution in [3.63, 3.8) is 0 Å². The highest BCUT2D eigenvalue weighted by atomic mass is 16.5. The molecule has 0 atom stereocenters. The molecular weight excluding hydrogens is 432 g/mol. The summed E-state index contributed by atoms with van der Waals surface area (Å²) in [4.78, 5) is 0. The Bertz CT molecular complexity index is 698. The van der Waals surface area contributed by atoms with Gasteiger partial charge in [0.2, 0.25) is 0 Å². The van der Waals surface area contributed by atoms with Crippen LogP contribution in [0.25, 0.3) is 0 Å². The van der Waals surface area contributed by atoms with Gasteiger partial charge < -0.3 is 28.4 Å². The third kappa shape index (κ3) is 10.2. The van der Waals surface area contributed by atoms with E-state index < -0.39 is 0 Å². The third-order valence-corrected chi connectivity index (χ3v) is 5.67. The van der Waals surface area contributed by atoms with Gasteiger partial charge in [-0.2, -0.15) is 0 Å². The Hall–Kier alpha value is -1.80. The molecule has 2 aromatic carbocycles. The van der Waals surface area contributed by atoms with Crippen molar-refractivity contribution in [3.05, 3.63) is 71.8 Å². The summed E-state index contributed by atoms with van der Waals surface area (Å²) >= 11 is 0. The number of ether oxygens (including phenoxy) is 6. The molecule has 1 fully saturated rings. The van der Waals surface area contributed by atoms with Gasteiger partial charge in [0, 0.05) is 10.8 Å². The number of rotatable bonds is 8. The number of hydrogen-bond acceptors (Lipinski definition) is 6. The molecule has 0 saturated carbocycles. The number of hydrogen-bond donors (Lipinski definition) is 0. The fraction of sp³-hybridized carbons (Fsp3) is 0.571. The first kappa shape index (κ1) is 26.8. The van der Waals surface area contributed by atoms with Crippen LogP contribution >= 0.6 is 0 Å². The Morgan fingerprint density at radius 2 is 0.882 bits per heavy atom. The maximum atomic E-state index is 5.99. The van der Waals surface area contributed by atoms with E-state index in [1.165, 1.54) is 0 Å². The molecular formula is C28H40O6. The second-order valence-corrected chi connectivity index (χ2v) is 9.79. The van der Waals surface area contributed by atoms with Gasteiger partial charge in [-0.1, -0.05) is 74.5 Å². The minimum Gasteiger partial charge on any atom is -0.378 e. The normalized spacial score (nSPS) is 25.5. The fourth-order valence-corrected chi connectivity index (χ4v) is 3.74. The van der Waals surface area contributed by atoms with Gasteiger partial charge in [0.15, 0.2) is 0 Å². The highest BCUT2D eigenvalue weighted by molar-refractivity contribution is 5.14. The first-order valence-electron chi connectivity index (χ1n) is 12.1. The molecule has 0 radical (unpaired) electrons. The van der Waals surface area contributed by atoms with E-state index in [9.17, 15) is 0 Å². The van der Waals surface area contributed by atoms with Crippen molar-refractivity contribution in [3.8, 4) is 0 Å². The van der Waals surface area contributed by atoms with E-state index in [0.29, 0.717) is 79.3 Å². The topological polar surface area (TPSA) is 55.4 Å². The Balaban J connectivity index is 1.42. The van der Waals surface area contributed by atoms with Gasteiger partial charge in [0.25, 0.3) is 0 Å². The Morgan fingerprint density at radius 1 is 0.559 bits per heavy atom. The number of benzene rings is 2. The third-order valence-electron chi connectivity index (χ3n) is 5.67. The maximum Gasteiger partial charge on any atom is 0.0717 e. The van der Waals surface area contributed by atoms with Crippen molar-refractivity contribution in [2.75, 3.05) is 66.1 Å². The SMILES string of the molecule is CC1(COCc2ccccc2)COCCOCC(C)(COCc2ccccc2)COCCOC1. The molecule has 0 amide bonds. The zero-order valence-electron chi connectivity index (χ0n) is 20.7. The van der Waals surface area contributed by atoms with Crippen molar-refractivity contribution in [1.29, 1.82) is 0 Å². The Labute approximate surface area is 204 Å². The molecule has 0 aromatic heterocycles. The van der Waals surface area contributed by atoms with Gasteiger partial charge in [-0.15, -0.1) is 0 Å². The predicted molar refractivity (Wildman–Crippen MR) is 132 cm³/mol. The summed E-state index contributed by atoms with van der Waals surface area (Å²) < 4.78 is 35.8. The molecule has 0 spiro atoms. The molecule has 3 rings (SSSR count). The van der Waals surface area contributed by atoms with Crippen LogP contribution in [0.2, 0.25) is 0 Å². The highest BCUT2D eigenvalue weighted by Gasteiger charge is 2.28. The van der Waals surface area contributed by atoms with Crippen LogP contribution in [0.1, 0.15) is 25.0 Å². The first-order chi connectivity index (χ1) is 16.6. The summed E-state index contributed by atoms with van der Waals surface area (Å²) in [7, 11) is 0. The average Bonchev–Trinajstić information content (AvgIpc) is 2.85. The van der Waals surface area contributed by atoms with Crippen molar-refractivity contribution in [2.45, 2.75) is 27.1 Å². The predicted octanol–water partition coefficient (Wildman–Crippen LogP) is 4.51. The molecule has 0 N–H and O–H groups in total. The van der Waals surface area contributed by atoms with E-state index in [1.54, 1.807) is 0 Å². The van der Waals surface area contributed by atoms with Crippen LogP contribution in [0.4, 0.5) is 0 Å². The van der Waals surface area contributed by atoms with Gasteiger partial charge in [0.1, 0.15) is 0 Å². The van der Waals surface area contributed by atoms with Crippen LogP contribution in [0.3, 0.4) is 0 Å². The zero-order chi connectivity index (χ0) is 24.0. The van der Waals surface area contributed by atoms with Crippen molar-refractivity contribution in [1.82, 2.24) is 0 Å². The minimum atomic E-state index is -0.237. The molecule has 2 aromatic rings. The summed E-state index contributed by atoms with van der Waals surface area (Å²) in [6.45, 7) is 10.8. The van der Waals surface area contributed by atoms with E-state index in [2.05, 4.69) is 38.1 Å². The van der Waals surface area contributed by atoms with Crippen LogP contribution in [0.15, 0.2) is 60.7 Å². The first-order valence-corrected chi connectivity index (χ1v) is 12.1. The summed E-state index contributed by atoms with van der Waals surface area (Å²) in [5, 5.41) is 0. The van der Waals surface area contributed by atoms with E-state index in [4.69, 9.17) is 28.4 Å². The average molecular weight is 473 g/mol. The van der Waals surface area contributed by atoms with Gasteiger partial charge in [-0.3, -0.25) is 0 Å². The maximum absolute atomic E-state index is 5.99. The van der Waals surface area contributed by atoms with Crippen molar-refractivity contribution < 1.29 is 28.4 Å². The van der Waals surface area contributed by atoms with E-state index in [1.807, 2.05) is 36.4 Å². The van der Waals surface area contributed by atoms with Gasteiger partial charge in [-0.25, -0.2) is 0 Å². The molecule has 6 heteroatoms. The Morgan fingerprint density at radius 3 is 1.21 bits per heavy atom. The van der Waals surface area contributed by atoms with E-state index >= 15 is 0 Å². The second-order valence-electron chi connectivity index (χ2n) is 9.79. The molecule has 188 valence electrons. The molecule has 1 saturated heterocycles. The molecule has 0 aliphatic carbocycles. The van der Waals surface area contributed by atoms with Gasteiger partial charge in [0.05, 0.1) is 79.3 Å². The molecule has 1 heterocycles. The summed E-state index contributed by atoms with van der Waals surface area (Å²) in [6, 6.07) is 20.4. The van der Waals surface area contributed by atoms with Crippen molar-refractivity contribution in [2.24, 2.45) is 10.8 Å². The lowest BCUT2D eigenvalue weighted by atomic mass is 9.94. The molecule has 0 bridgehead atoms. The van der Waals surface area contributed by atoms with Crippen LogP contribution in [-0.2, 0) is 41.6 Å². The largest absolute Gasteiger partial charge is 0.378 e. The lowest BCUT2D eigenvalue weighted by Gasteiger charge is -2.31. The van der Waals surface area contributed by atoms with Crippen LogP contribution < -0.4 is 0 Å². The van der Waals surface area contributed by atoms with E-state index in [-0.39, 0.29) is 10.8 Å². The van der Waals surface area contributed by atoms with Gasteiger partial charge >= 0.3 is 0 Å². The molecule has 1 aliphatic heterocycles. The molecule has 6 nitrogen and oxygen atoms in total. The summed E-state index contributed by atoms with van der Waals surface area (Å²) in [5.41, 5.74) is 1.84.